The third-order valence-corrected chi connectivity index (χ3v) is 4.55. The fraction of sp³-hybridized carbons (Fsp3) is 0.562. The lowest BCUT2D eigenvalue weighted by Gasteiger charge is -2.26. The highest BCUT2D eigenvalue weighted by molar-refractivity contribution is 5.98. The van der Waals surface area contributed by atoms with Crippen LogP contribution in [0.1, 0.15) is 25.7 Å². The minimum absolute atomic E-state index is 0.112. The van der Waals surface area contributed by atoms with Crippen LogP contribution in [0, 0.1) is 5.92 Å². The Morgan fingerprint density at radius 3 is 2.65 bits per heavy atom. The van der Waals surface area contributed by atoms with Gasteiger partial charge in [0.2, 0.25) is 5.91 Å². The van der Waals surface area contributed by atoms with Crippen molar-refractivity contribution in [3.8, 4) is 0 Å². The molecule has 0 radical (unpaired) electrons. The summed E-state index contributed by atoms with van der Waals surface area (Å²) in [7, 11) is 2.10. The highest BCUT2D eigenvalue weighted by atomic mass is 16.2. The monoisotopic (exact) mass is 273 g/mol. The maximum Gasteiger partial charge on any atom is 0.230 e. The third kappa shape index (κ3) is 2.40. The van der Waals surface area contributed by atoms with Crippen LogP contribution in [0.4, 0.5) is 11.4 Å². The summed E-state index contributed by atoms with van der Waals surface area (Å²) in [6.45, 7) is 1.80. The second-order valence-corrected chi connectivity index (χ2v) is 6.02. The van der Waals surface area contributed by atoms with Crippen molar-refractivity contribution in [1.29, 1.82) is 0 Å². The molecule has 2 N–H and O–H groups in total. The van der Waals surface area contributed by atoms with Gasteiger partial charge in [0.15, 0.2) is 0 Å². The molecule has 1 aliphatic heterocycles. The van der Waals surface area contributed by atoms with Crippen molar-refractivity contribution in [3.63, 3.8) is 0 Å². The largest absolute Gasteiger partial charge is 0.373 e. The second-order valence-electron chi connectivity index (χ2n) is 6.02. The molecule has 0 bridgehead atoms. The molecule has 1 aliphatic carbocycles. The fourth-order valence-electron chi connectivity index (χ4n) is 3.41. The minimum atomic E-state index is 0.112. The van der Waals surface area contributed by atoms with E-state index >= 15 is 0 Å². The Labute approximate surface area is 120 Å². The summed E-state index contributed by atoms with van der Waals surface area (Å²) in [4.78, 5) is 17.0. The topological polar surface area (TPSA) is 49.6 Å². The van der Waals surface area contributed by atoms with E-state index in [0.29, 0.717) is 0 Å². The van der Waals surface area contributed by atoms with E-state index in [0.717, 1.165) is 50.1 Å². The van der Waals surface area contributed by atoms with Crippen LogP contribution in [0.25, 0.3) is 0 Å². The maximum atomic E-state index is 12.8. The summed E-state index contributed by atoms with van der Waals surface area (Å²) in [5.74, 6) is 0.377. The van der Waals surface area contributed by atoms with Crippen LogP contribution in [0.5, 0.6) is 0 Å². The third-order valence-electron chi connectivity index (χ3n) is 4.55. The summed E-state index contributed by atoms with van der Waals surface area (Å²) in [5, 5.41) is 0. The lowest BCUT2D eigenvalue weighted by atomic mass is 10.1. The van der Waals surface area contributed by atoms with Gasteiger partial charge < -0.3 is 15.5 Å². The van der Waals surface area contributed by atoms with E-state index in [1.165, 1.54) is 0 Å². The summed E-state index contributed by atoms with van der Waals surface area (Å²) in [6.07, 6.45) is 3.77. The zero-order valence-corrected chi connectivity index (χ0v) is 12.1. The van der Waals surface area contributed by atoms with Gasteiger partial charge in [-0.15, -0.1) is 0 Å². The number of amides is 1. The van der Waals surface area contributed by atoms with Crippen LogP contribution >= 0.6 is 0 Å². The fourth-order valence-corrected chi connectivity index (χ4v) is 3.41. The molecule has 1 aromatic rings. The first-order chi connectivity index (χ1) is 9.66. The van der Waals surface area contributed by atoms with Crippen molar-refractivity contribution >= 4 is 17.3 Å². The van der Waals surface area contributed by atoms with Crippen LogP contribution in [0.3, 0.4) is 0 Å². The molecule has 3 rings (SSSR count). The van der Waals surface area contributed by atoms with Gasteiger partial charge in [0.05, 0.1) is 11.4 Å². The van der Waals surface area contributed by atoms with Crippen molar-refractivity contribution in [2.24, 2.45) is 11.7 Å². The summed E-state index contributed by atoms with van der Waals surface area (Å²) in [5.41, 5.74) is 8.17. The van der Waals surface area contributed by atoms with Crippen molar-refractivity contribution in [2.45, 2.75) is 31.7 Å². The molecular weight excluding hydrogens is 250 g/mol. The van der Waals surface area contributed by atoms with Crippen LogP contribution in [-0.2, 0) is 4.79 Å². The van der Waals surface area contributed by atoms with Crippen LogP contribution in [0.2, 0.25) is 0 Å². The van der Waals surface area contributed by atoms with Gasteiger partial charge in [-0.3, -0.25) is 4.79 Å². The molecule has 1 fully saturated rings. The highest BCUT2D eigenvalue weighted by Crippen LogP contribution is 2.34. The van der Waals surface area contributed by atoms with Gasteiger partial charge in [-0.2, -0.15) is 0 Å². The normalized spacial score (nSPS) is 26.3. The second kappa shape index (κ2) is 5.44. The molecule has 4 nitrogen and oxygen atoms in total. The van der Waals surface area contributed by atoms with Gasteiger partial charge in [-0.1, -0.05) is 12.1 Å². The number of benzene rings is 1. The average Bonchev–Trinajstić information content (AvgIpc) is 2.82. The molecule has 1 heterocycles. The maximum absolute atomic E-state index is 12.8. The van der Waals surface area contributed by atoms with Gasteiger partial charge >= 0.3 is 0 Å². The van der Waals surface area contributed by atoms with Gasteiger partial charge in [0, 0.05) is 32.1 Å². The van der Waals surface area contributed by atoms with E-state index in [-0.39, 0.29) is 17.9 Å². The number of hydrogen-bond donors (Lipinski definition) is 1. The molecule has 4 heteroatoms. The zero-order chi connectivity index (χ0) is 14.1. The van der Waals surface area contributed by atoms with Gasteiger partial charge in [0.1, 0.15) is 0 Å². The summed E-state index contributed by atoms with van der Waals surface area (Å²) in [6, 6.07) is 8.41. The SMILES string of the molecule is CN1CCCN(C(=O)C2CCC(N)C2)c2ccccc21. The Morgan fingerprint density at radius 1 is 1.20 bits per heavy atom. The standard InChI is InChI=1S/C16H23N3O/c1-18-9-4-10-19(15-6-3-2-5-14(15)18)16(20)12-7-8-13(17)11-12/h2-3,5-6,12-13H,4,7-11,17H2,1H3. The quantitative estimate of drug-likeness (QED) is 0.851. The average molecular weight is 273 g/mol. The molecule has 108 valence electrons. The lowest BCUT2D eigenvalue weighted by molar-refractivity contribution is -0.122. The summed E-state index contributed by atoms with van der Waals surface area (Å²) >= 11 is 0. The molecule has 2 unspecified atom stereocenters. The number of nitrogens with two attached hydrogens (primary N) is 1. The Kier molecular flexibility index (Phi) is 3.66. The van der Waals surface area contributed by atoms with Gasteiger partial charge in [0.25, 0.3) is 0 Å². The smallest absolute Gasteiger partial charge is 0.230 e. The van der Waals surface area contributed by atoms with Crippen molar-refractivity contribution in [3.05, 3.63) is 24.3 Å². The van der Waals surface area contributed by atoms with Crippen LogP contribution in [0.15, 0.2) is 24.3 Å². The number of para-hydroxylation sites is 2. The Bertz CT molecular complexity index is 502. The summed E-state index contributed by atoms with van der Waals surface area (Å²) < 4.78 is 0. The molecule has 20 heavy (non-hydrogen) atoms. The van der Waals surface area contributed by atoms with E-state index in [9.17, 15) is 4.79 Å². The number of carbonyl (C=O) groups is 1. The highest BCUT2D eigenvalue weighted by Gasteiger charge is 2.33. The van der Waals surface area contributed by atoms with Crippen molar-refractivity contribution < 1.29 is 4.79 Å². The van der Waals surface area contributed by atoms with E-state index in [2.05, 4.69) is 24.1 Å². The van der Waals surface area contributed by atoms with E-state index in [4.69, 9.17) is 5.73 Å². The number of carbonyl (C=O) groups excluding carboxylic acids is 1. The molecule has 2 atom stereocenters. The Morgan fingerprint density at radius 2 is 1.95 bits per heavy atom. The number of rotatable bonds is 1. The molecule has 2 aliphatic rings. The number of fused-ring (bicyclic) bond motifs is 1. The predicted octanol–water partition coefficient (Wildman–Crippen LogP) is 1.99. The number of anilines is 2. The molecule has 0 spiro atoms. The first-order valence-electron chi connectivity index (χ1n) is 7.54. The Balaban J connectivity index is 1.89. The van der Waals surface area contributed by atoms with Crippen molar-refractivity contribution in [2.75, 3.05) is 29.9 Å². The first kappa shape index (κ1) is 13.4. The molecule has 1 aromatic carbocycles. The van der Waals surface area contributed by atoms with Crippen LogP contribution < -0.4 is 15.5 Å². The van der Waals surface area contributed by atoms with Crippen molar-refractivity contribution in [1.82, 2.24) is 0 Å². The minimum Gasteiger partial charge on any atom is -0.373 e. The number of nitrogens with zero attached hydrogens (tertiary/aromatic N) is 2. The van der Waals surface area contributed by atoms with E-state index in [1.807, 2.05) is 17.0 Å². The lowest BCUT2D eigenvalue weighted by Crippen LogP contribution is -2.36. The molecular formula is C16H23N3O. The van der Waals surface area contributed by atoms with Gasteiger partial charge in [-0.25, -0.2) is 0 Å². The zero-order valence-electron chi connectivity index (χ0n) is 12.1. The first-order valence-corrected chi connectivity index (χ1v) is 7.54. The molecule has 1 saturated carbocycles. The number of hydrogen-bond acceptors (Lipinski definition) is 3. The van der Waals surface area contributed by atoms with Gasteiger partial charge in [-0.05, 0) is 37.8 Å². The predicted molar refractivity (Wildman–Crippen MR) is 82.0 cm³/mol. The molecule has 0 aromatic heterocycles. The van der Waals surface area contributed by atoms with Crippen LogP contribution in [-0.4, -0.2) is 32.1 Å². The molecule has 1 amide bonds. The van der Waals surface area contributed by atoms with E-state index < -0.39 is 0 Å². The van der Waals surface area contributed by atoms with E-state index in [1.54, 1.807) is 0 Å². The molecule has 0 saturated heterocycles. The Hall–Kier alpha value is -1.55.